The molecule has 0 aliphatic rings. The third kappa shape index (κ3) is 12.6. The summed E-state index contributed by atoms with van der Waals surface area (Å²) in [5, 5.41) is 19.2. The minimum atomic E-state index is -0.839. The number of hydrogen-bond acceptors (Lipinski definition) is 3. The summed E-state index contributed by atoms with van der Waals surface area (Å²) >= 11 is 0. The highest BCUT2D eigenvalue weighted by molar-refractivity contribution is 5.72. The average Bonchev–Trinajstić information content (AvgIpc) is 2.04. The highest BCUT2D eigenvalue weighted by atomic mass is 16.3. The molecule has 0 spiro atoms. The molecule has 68 valence electrons. The molecule has 0 saturated heterocycles. The lowest BCUT2D eigenvalue weighted by Gasteiger charge is -2.05. The summed E-state index contributed by atoms with van der Waals surface area (Å²) in [4.78, 5) is 10.2. The third-order valence-corrected chi connectivity index (χ3v) is 0.797. The van der Waals surface area contributed by atoms with Crippen LogP contribution in [0.5, 0.6) is 0 Å². The van der Waals surface area contributed by atoms with E-state index in [0.29, 0.717) is 0 Å². The van der Waals surface area contributed by atoms with E-state index in [1.807, 2.05) is 13.8 Å². The number of aliphatic hydroxyl groups is 2. The topological polar surface area (TPSA) is 69.6 Å². The molecule has 0 aliphatic carbocycles. The summed E-state index contributed by atoms with van der Waals surface area (Å²) in [6.07, 6.45) is -0.839. The molecule has 1 atom stereocenters. The summed E-state index contributed by atoms with van der Waals surface area (Å²) in [6, 6.07) is 0. The Hall–Kier alpha value is -0.610. The smallest absolute Gasteiger partial charge is 0.216 e. The molecule has 0 saturated carbocycles. The minimum absolute atomic E-state index is 0.117. The number of carbonyl (C=O) groups excluding carboxylic acids is 1. The van der Waals surface area contributed by atoms with Crippen molar-refractivity contribution in [2.24, 2.45) is 0 Å². The van der Waals surface area contributed by atoms with Crippen LogP contribution in [0.25, 0.3) is 0 Å². The van der Waals surface area contributed by atoms with E-state index in [4.69, 9.17) is 10.2 Å². The molecule has 0 aromatic heterocycles. The lowest BCUT2D eigenvalue weighted by atomic mass is 10.4. The molecule has 0 rings (SSSR count). The van der Waals surface area contributed by atoms with Crippen molar-refractivity contribution in [2.45, 2.75) is 26.9 Å². The van der Waals surface area contributed by atoms with Crippen LogP contribution in [-0.4, -0.2) is 35.4 Å². The van der Waals surface area contributed by atoms with Gasteiger partial charge in [0.1, 0.15) is 0 Å². The van der Waals surface area contributed by atoms with E-state index in [2.05, 4.69) is 5.32 Å². The largest absolute Gasteiger partial charge is 0.394 e. The van der Waals surface area contributed by atoms with E-state index >= 15 is 0 Å². The number of hydrogen-bond donors (Lipinski definition) is 3. The van der Waals surface area contributed by atoms with Gasteiger partial charge in [0, 0.05) is 13.5 Å². The van der Waals surface area contributed by atoms with Gasteiger partial charge in [-0.3, -0.25) is 4.79 Å². The van der Waals surface area contributed by atoms with E-state index in [-0.39, 0.29) is 19.1 Å². The van der Waals surface area contributed by atoms with Crippen LogP contribution in [0.2, 0.25) is 0 Å². The Morgan fingerprint density at radius 1 is 1.55 bits per heavy atom. The second-order valence-corrected chi connectivity index (χ2v) is 1.77. The predicted molar refractivity (Wildman–Crippen MR) is 43.1 cm³/mol. The van der Waals surface area contributed by atoms with Gasteiger partial charge in [0.05, 0.1) is 12.7 Å². The van der Waals surface area contributed by atoms with Crippen LogP contribution in [-0.2, 0) is 4.79 Å². The highest BCUT2D eigenvalue weighted by Crippen LogP contribution is 1.75. The standard InChI is InChI=1S/C5H11NO3.C2H6/c1-4(8)6-2-5(9)3-7;1-2/h5,7,9H,2-3H2,1H3,(H,6,8);1-2H3. The number of carbonyl (C=O) groups is 1. The van der Waals surface area contributed by atoms with Gasteiger partial charge in [-0.05, 0) is 0 Å². The van der Waals surface area contributed by atoms with E-state index in [9.17, 15) is 4.79 Å². The fraction of sp³-hybridized carbons (Fsp3) is 0.857. The monoisotopic (exact) mass is 163 g/mol. The summed E-state index contributed by atoms with van der Waals surface area (Å²) in [5.41, 5.74) is 0. The SMILES string of the molecule is CC.CC(=O)NCC(O)CO. The van der Waals surface area contributed by atoms with Gasteiger partial charge in [0.25, 0.3) is 0 Å². The maximum absolute atomic E-state index is 10.2. The lowest BCUT2D eigenvalue weighted by molar-refractivity contribution is -0.119. The summed E-state index contributed by atoms with van der Waals surface area (Å²) in [6.45, 7) is 5.15. The van der Waals surface area contributed by atoms with Crippen LogP contribution < -0.4 is 5.32 Å². The van der Waals surface area contributed by atoms with E-state index < -0.39 is 6.10 Å². The molecule has 4 nitrogen and oxygen atoms in total. The van der Waals surface area contributed by atoms with Gasteiger partial charge in [0.2, 0.25) is 5.91 Å². The Balaban J connectivity index is 0. The Morgan fingerprint density at radius 2 is 2.00 bits per heavy atom. The van der Waals surface area contributed by atoms with Crippen molar-refractivity contribution < 1.29 is 15.0 Å². The van der Waals surface area contributed by atoms with Gasteiger partial charge < -0.3 is 15.5 Å². The highest BCUT2D eigenvalue weighted by Gasteiger charge is 2.00. The number of nitrogens with one attached hydrogen (secondary N) is 1. The zero-order chi connectivity index (χ0) is 9.28. The maximum atomic E-state index is 10.2. The van der Waals surface area contributed by atoms with Crippen LogP contribution in [0.3, 0.4) is 0 Å². The number of aliphatic hydroxyl groups excluding tert-OH is 2. The van der Waals surface area contributed by atoms with Gasteiger partial charge in [-0.25, -0.2) is 0 Å². The Bertz CT molecular complexity index is 95.7. The molecule has 0 radical (unpaired) electrons. The Labute approximate surface area is 67.2 Å². The first-order valence-corrected chi connectivity index (χ1v) is 3.70. The fourth-order valence-electron chi connectivity index (χ4n) is 0.326. The van der Waals surface area contributed by atoms with Gasteiger partial charge in [-0.1, -0.05) is 13.8 Å². The molecule has 0 aliphatic heterocycles. The van der Waals surface area contributed by atoms with Gasteiger partial charge in [-0.15, -0.1) is 0 Å². The maximum Gasteiger partial charge on any atom is 0.216 e. The molecule has 0 bridgehead atoms. The molecular weight excluding hydrogens is 146 g/mol. The summed E-state index contributed by atoms with van der Waals surface area (Å²) in [7, 11) is 0. The van der Waals surface area contributed by atoms with Crippen molar-refractivity contribution in [3.63, 3.8) is 0 Å². The molecule has 1 unspecified atom stereocenters. The van der Waals surface area contributed by atoms with Crippen molar-refractivity contribution in [1.29, 1.82) is 0 Å². The van der Waals surface area contributed by atoms with Crippen molar-refractivity contribution in [3.8, 4) is 0 Å². The third-order valence-electron chi connectivity index (χ3n) is 0.797. The number of amides is 1. The molecule has 3 N–H and O–H groups in total. The van der Waals surface area contributed by atoms with Crippen LogP contribution in [0.15, 0.2) is 0 Å². The first kappa shape index (κ1) is 13.0. The summed E-state index contributed by atoms with van der Waals surface area (Å²) in [5.74, 6) is -0.206. The molecule has 0 fully saturated rings. The quantitative estimate of drug-likeness (QED) is 0.525. The first-order valence-electron chi connectivity index (χ1n) is 3.70. The van der Waals surface area contributed by atoms with Crippen LogP contribution in [0, 0.1) is 0 Å². The fourth-order valence-corrected chi connectivity index (χ4v) is 0.326. The van der Waals surface area contributed by atoms with Gasteiger partial charge >= 0.3 is 0 Å². The molecule has 0 heterocycles. The minimum Gasteiger partial charge on any atom is -0.394 e. The van der Waals surface area contributed by atoms with Crippen LogP contribution >= 0.6 is 0 Å². The summed E-state index contributed by atoms with van der Waals surface area (Å²) < 4.78 is 0. The van der Waals surface area contributed by atoms with Crippen LogP contribution in [0.1, 0.15) is 20.8 Å². The van der Waals surface area contributed by atoms with E-state index in [1.165, 1.54) is 6.92 Å². The average molecular weight is 163 g/mol. The molecule has 0 aromatic carbocycles. The van der Waals surface area contributed by atoms with E-state index in [1.54, 1.807) is 0 Å². The van der Waals surface area contributed by atoms with Crippen molar-refractivity contribution in [3.05, 3.63) is 0 Å². The van der Waals surface area contributed by atoms with Crippen molar-refractivity contribution in [1.82, 2.24) is 5.32 Å². The van der Waals surface area contributed by atoms with E-state index in [0.717, 1.165) is 0 Å². The zero-order valence-corrected chi connectivity index (χ0v) is 7.29. The number of rotatable bonds is 3. The van der Waals surface area contributed by atoms with Gasteiger partial charge in [-0.2, -0.15) is 0 Å². The van der Waals surface area contributed by atoms with Crippen molar-refractivity contribution in [2.75, 3.05) is 13.2 Å². The molecule has 0 aromatic rings. The van der Waals surface area contributed by atoms with Gasteiger partial charge in [0.15, 0.2) is 0 Å². The molecule has 11 heavy (non-hydrogen) atoms. The zero-order valence-electron chi connectivity index (χ0n) is 7.29. The second-order valence-electron chi connectivity index (χ2n) is 1.77. The Morgan fingerprint density at radius 3 is 2.27 bits per heavy atom. The van der Waals surface area contributed by atoms with Crippen molar-refractivity contribution >= 4 is 5.91 Å². The molecular formula is C7H17NO3. The first-order chi connectivity index (χ1) is 5.16. The lowest BCUT2D eigenvalue weighted by Crippen LogP contribution is -2.32. The Kier molecular flexibility index (Phi) is 11.1. The second kappa shape index (κ2) is 9.39. The molecule has 1 amide bonds. The predicted octanol–water partition coefficient (Wildman–Crippen LogP) is -0.498. The normalized spacial score (nSPS) is 11.0. The molecule has 4 heteroatoms. The van der Waals surface area contributed by atoms with Crippen LogP contribution in [0.4, 0.5) is 0 Å².